The summed E-state index contributed by atoms with van der Waals surface area (Å²) in [5.74, 6) is -5.29. The number of halogens is 3. The van der Waals surface area contributed by atoms with Crippen LogP contribution in [0, 0.1) is 5.92 Å². The third-order valence-electron chi connectivity index (χ3n) is 6.23. The van der Waals surface area contributed by atoms with Gasteiger partial charge in [0.1, 0.15) is 5.76 Å². The summed E-state index contributed by atoms with van der Waals surface area (Å²) in [6.45, 7) is 4.21. The third kappa shape index (κ3) is 8.73. The molecule has 3 aromatic rings. The van der Waals surface area contributed by atoms with E-state index in [1.54, 1.807) is 13.0 Å². The lowest BCUT2D eigenvalue weighted by Gasteiger charge is -2.23. The van der Waals surface area contributed by atoms with Crippen LogP contribution >= 0.6 is 0 Å². The maximum Gasteiger partial charge on any atom is 0.471 e. The minimum Gasteiger partial charge on any atom is -0.508 e. The SMILES string of the molecule is C=C/C(O)=C\C=C(/C)CC[C@H](CNC(=O)c1ccc(N(Cc2cnc3nc(N)[nH]c(=O)c3n2)C(=O)C(F)(F)F)cc1)C(=O)O. The molecule has 0 saturated heterocycles. The van der Waals surface area contributed by atoms with Crippen LogP contribution in [0.15, 0.2) is 71.4 Å². The van der Waals surface area contributed by atoms with Crippen LogP contribution in [0.5, 0.6) is 0 Å². The normalized spacial score (nSPS) is 12.9. The number of nitrogens with one attached hydrogen (secondary N) is 2. The number of nitrogens with zero attached hydrogens (tertiary/aromatic N) is 4. The summed E-state index contributed by atoms with van der Waals surface area (Å²) >= 11 is 0. The van der Waals surface area contributed by atoms with Gasteiger partial charge in [0.2, 0.25) is 5.95 Å². The van der Waals surface area contributed by atoms with Gasteiger partial charge < -0.3 is 21.3 Å². The van der Waals surface area contributed by atoms with Gasteiger partial charge in [0.05, 0.1) is 24.4 Å². The summed E-state index contributed by atoms with van der Waals surface area (Å²) in [6.07, 6.45) is 0.600. The Hall–Kier alpha value is -5.54. The van der Waals surface area contributed by atoms with Crippen molar-refractivity contribution < 1.29 is 37.8 Å². The molecule has 232 valence electrons. The number of H-pyrrole nitrogens is 1. The molecule has 0 saturated carbocycles. The Morgan fingerprint density at radius 3 is 2.45 bits per heavy atom. The highest BCUT2D eigenvalue weighted by molar-refractivity contribution is 5.98. The Bertz CT molecular complexity index is 1680. The van der Waals surface area contributed by atoms with Gasteiger partial charge in [-0.15, -0.1) is 0 Å². The monoisotopic (exact) mass is 615 g/mol. The number of carboxylic acid groups (broad SMARTS) is 1. The van der Waals surface area contributed by atoms with Crippen molar-refractivity contribution in [1.82, 2.24) is 25.3 Å². The number of allylic oxidation sites excluding steroid dienone is 4. The molecule has 2 heterocycles. The van der Waals surface area contributed by atoms with Crippen LogP contribution in [-0.4, -0.2) is 60.7 Å². The van der Waals surface area contributed by atoms with Gasteiger partial charge in [0, 0.05) is 17.8 Å². The van der Waals surface area contributed by atoms with Crippen molar-refractivity contribution in [3.05, 3.63) is 88.2 Å². The van der Waals surface area contributed by atoms with Gasteiger partial charge in [0.15, 0.2) is 11.2 Å². The van der Waals surface area contributed by atoms with Gasteiger partial charge in [-0.3, -0.25) is 29.1 Å². The zero-order chi connectivity index (χ0) is 32.6. The van der Waals surface area contributed by atoms with Crippen molar-refractivity contribution in [2.24, 2.45) is 5.92 Å². The van der Waals surface area contributed by atoms with E-state index in [0.717, 1.165) is 23.9 Å². The van der Waals surface area contributed by atoms with E-state index in [-0.39, 0.29) is 52.8 Å². The van der Waals surface area contributed by atoms with Crippen molar-refractivity contribution in [2.75, 3.05) is 17.2 Å². The van der Waals surface area contributed by atoms with E-state index in [9.17, 15) is 42.6 Å². The van der Waals surface area contributed by atoms with E-state index < -0.39 is 42.0 Å². The Labute approximate surface area is 247 Å². The Kier molecular flexibility index (Phi) is 10.6. The van der Waals surface area contributed by atoms with Gasteiger partial charge in [-0.2, -0.15) is 18.2 Å². The van der Waals surface area contributed by atoms with Gasteiger partial charge >= 0.3 is 18.1 Å². The molecule has 2 aromatic heterocycles. The number of nitrogens with two attached hydrogens (primary N) is 1. The third-order valence-corrected chi connectivity index (χ3v) is 6.23. The number of aromatic nitrogens is 4. The first-order chi connectivity index (χ1) is 20.7. The molecule has 0 aliphatic rings. The second kappa shape index (κ2) is 14.1. The number of fused-ring (bicyclic) bond motifs is 1. The van der Waals surface area contributed by atoms with Gasteiger partial charge in [-0.05, 0) is 56.2 Å². The number of carbonyl (C=O) groups excluding carboxylic acids is 2. The van der Waals surface area contributed by atoms with Crippen LogP contribution in [0.2, 0.25) is 0 Å². The van der Waals surface area contributed by atoms with Crippen molar-refractivity contribution in [3.8, 4) is 0 Å². The number of aromatic amines is 1. The van der Waals surface area contributed by atoms with Gasteiger partial charge in [-0.1, -0.05) is 18.2 Å². The second-order valence-electron chi connectivity index (χ2n) is 9.51. The number of aliphatic hydroxyl groups is 1. The van der Waals surface area contributed by atoms with E-state index in [1.807, 2.05) is 0 Å². The molecule has 0 aliphatic heterocycles. The maximum absolute atomic E-state index is 13.5. The number of aliphatic hydroxyl groups excluding tert-OH is 1. The molecule has 1 atom stereocenters. The summed E-state index contributed by atoms with van der Waals surface area (Å²) in [5, 5.41) is 21.5. The number of aliphatic carboxylic acids is 1. The molecule has 2 amide bonds. The lowest BCUT2D eigenvalue weighted by Crippen LogP contribution is -2.41. The quantitative estimate of drug-likeness (QED) is 0.149. The molecule has 6 N–H and O–H groups in total. The Morgan fingerprint density at radius 2 is 1.84 bits per heavy atom. The first kappa shape index (κ1) is 33.0. The highest BCUT2D eigenvalue weighted by Gasteiger charge is 2.43. The van der Waals surface area contributed by atoms with Gasteiger partial charge in [-0.25, -0.2) is 9.97 Å². The number of hydrogen-bond acceptors (Lipinski definition) is 9. The van der Waals surface area contributed by atoms with Crippen LogP contribution in [0.25, 0.3) is 11.2 Å². The molecule has 1 aromatic carbocycles. The van der Waals surface area contributed by atoms with Gasteiger partial charge in [0.25, 0.3) is 11.5 Å². The predicted octanol–water partition coefficient (Wildman–Crippen LogP) is 3.18. The van der Waals surface area contributed by atoms with Crippen LogP contribution in [0.1, 0.15) is 35.8 Å². The minimum absolute atomic E-state index is 0.000830. The zero-order valence-corrected chi connectivity index (χ0v) is 23.3. The predicted molar refractivity (Wildman–Crippen MR) is 153 cm³/mol. The summed E-state index contributed by atoms with van der Waals surface area (Å²) in [5.41, 5.74) is 4.63. The van der Waals surface area contributed by atoms with Crippen LogP contribution in [0.4, 0.5) is 24.8 Å². The number of carboxylic acids is 1. The molecule has 0 bridgehead atoms. The second-order valence-corrected chi connectivity index (χ2v) is 9.51. The minimum atomic E-state index is -5.27. The number of carbonyl (C=O) groups is 3. The Morgan fingerprint density at radius 1 is 1.16 bits per heavy atom. The lowest BCUT2D eigenvalue weighted by atomic mass is 9.99. The summed E-state index contributed by atoms with van der Waals surface area (Å²) < 4.78 is 40.4. The molecule has 0 spiro atoms. The number of anilines is 2. The summed E-state index contributed by atoms with van der Waals surface area (Å²) in [6, 6.07) is 4.56. The van der Waals surface area contributed by atoms with Crippen LogP contribution < -0.4 is 21.5 Å². The molecule has 16 heteroatoms. The summed E-state index contributed by atoms with van der Waals surface area (Å²) in [4.78, 5) is 63.0. The fourth-order valence-corrected chi connectivity index (χ4v) is 3.85. The molecule has 44 heavy (non-hydrogen) atoms. The number of amides is 2. The molecule has 3 rings (SSSR count). The van der Waals surface area contributed by atoms with E-state index in [1.165, 1.54) is 24.3 Å². The van der Waals surface area contributed by atoms with E-state index >= 15 is 0 Å². The zero-order valence-electron chi connectivity index (χ0n) is 23.3. The molecule has 0 aliphatic carbocycles. The largest absolute Gasteiger partial charge is 0.508 e. The maximum atomic E-state index is 13.5. The highest BCUT2D eigenvalue weighted by atomic mass is 19.4. The molecule has 0 radical (unpaired) electrons. The topological polar surface area (TPSA) is 204 Å². The fraction of sp³-hybridized carbons (Fsp3) is 0.250. The lowest BCUT2D eigenvalue weighted by molar-refractivity contribution is -0.170. The van der Waals surface area contributed by atoms with E-state index in [0.29, 0.717) is 11.3 Å². The first-order valence-corrected chi connectivity index (χ1v) is 12.9. The highest BCUT2D eigenvalue weighted by Crippen LogP contribution is 2.26. The molecule has 13 nitrogen and oxygen atoms in total. The average molecular weight is 616 g/mol. The number of rotatable bonds is 12. The average Bonchev–Trinajstić information content (AvgIpc) is 2.97. The van der Waals surface area contributed by atoms with Crippen molar-refractivity contribution >= 4 is 40.6 Å². The van der Waals surface area contributed by atoms with Crippen molar-refractivity contribution in [3.63, 3.8) is 0 Å². The molecule has 0 fully saturated rings. The first-order valence-electron chi connectivity index (χ1n) is 12.9. The molecule has 0 unspecified atom stereocenters. The molecular weight excluding hydrogens is 587 g/mol. The van der Waals surface area contributed by atoms with Crippen LogP contribution in [0.3, 0.4) is 0 Å². The van der Waals surface area contributed by atoms with E-state index in [2.05, 4.69) is 31.8 Å². The molecular formula is C28H28F3N7O6. The summed E-state index contributed by atoms with van der Waals surface area (Å²) in [7, 11) is 0. The van der Waals surface area contributed by atoms with Crippen LogP contribution in [-0.2, 0) is 16.1 Å². The standard InChI is InChI=1S/C28H28F3N7O6/c1-3-20(39)11-5-15(2)4-6-17(25(42)43)12-34-23(40)16-7-9-19(10-8-16)38(26(44)28(29,30)31)14-18-13-33-22-21(35-18)24(41)37-27(32)36-22/h3,5,7-11,13,17,39H,1,4,6,12,14H2,2H3,(H,34,40)(H,42,43)(H3,32,33,36,37,41)/b15-5+,20-11+/t17-/m1/s1. The number of benzene rings is 1. The van der Waals surface area contributed by atoms with Crippen molar-refractivity contribution in [1.29, 1.82) is 0 Å². The number of hydrogen-bond donors (Lipinski definition) is 5. The van der Waals surface area contributed by atoms with Crippen molar-refractivity contribution in [2.45, 2.75) is 32.5 Å². The smallest absolute Gasteiger partial charge is 0.471 e. The fourth-order valence-electron chi connectivity index (χ4n) is 3.85. The number of nitrogen functional groups attached to an aromatic ring is 1. The Balaban J connectivity index is 1.75. The van der Waals surface area contributed by atoms with E-state index in [4.69, 9.17) is 5.73 Å². The number of alkyl halides is 3.